The van der Waals surface area contributed by atoms with Crippen LogP contribution in [0.3, 0.4) is 0 Å². The van der Waals surface area contributed by atoms with Gasteiger partial charge in [0, 0.05) is 42.9 Å². The zero-order chi connectivity index (χ0) is 28.9. The molecule has 2 aliphatic rings. The predicted molar refractivity (Wildman–Crippen MR) is 148 cm³/mol. The number of nitrogens with zero attached hydrogens (tertiary/aromatic N) is 4. The molecule has 1 aromatic carbocycles. The van der Waals surface area contributed by atoms with Gasteiger partial charge in [-0.15, -0.1) is 0 Å². The minimum absolute atomic E-state index is 0.0535. The Kier molecular flexibility index (Phi) is 9.81. The molecule has 0 bridgehead atoms. The number of carbonyl (C=O) groups is 2. The van der Waals surface area contributed by atoms with Gasteiger partial charge in [0.2, 0.25) is 5.95 Å². The van der Waals surface area contributed by atoms with Crippen LogP contribution in [0, 0.1) is 11.8 Å². The molecule has 4 rings (SSSR count). The van der Waals surface area contributed by atoms with Crippen LogP contribution in [0.5, 0.6) is 0 Å². The maximum Gasteiger partial charge on any atom is 0.419 e. The topological polar surface area (TPSA) is 78.4 Å². The van der Waals surface area contributed by atoms with Crippen LogP contribution in [0.15, 0.2) is 30.5 Å². The molecule has 1 saturated heterocycles. The molecule has 1 saturated carbocycles. The van der Waals surface area contributed by atoms with E-state index in [1.54, 1.807) is 29.2 Å². The minimum atomic E-state index is -4.59. The van der Waals surface area contributed by atoms with Gasteiger partial charge in [-0.05, 0) is 88.8 Å². The van der Waals surface area contributed by atoms with Crippen molar-refractivity contribution in [3.63, 3.8) is 0 Å². The number of benzene rings is 1. The fraction of sp³-hybridized carbons (Fsp3) is 0.600. The van der Waals surface area contributed by atoms with Crippen LogP contribution >= 0.6 is 0 Å². The minimum Gasteiger partial charge on any atom is -0.339 e. The van der Waals surface area contributed by atoms with E-state index in [1.807, 2.05) is 14.0 Å². The average Bonchev–Trinajstić information content (AvgIpc) is 2.93. The number of aromatic nitrogens is 2. The quantitative estimate of drug-likeness (QED) is 0.399. The molecule has 2 atom stereocenters. The molecule has 1 aliphatic heterocycles. The number of anilines is 2. The molecular weight excluding hydrogens is 519 g/mol. The first-order chi connectivity index (χ1) is 19.1. The summed E-state index contributed by atoms with van der Waals surface area (Å²) in [6.45, 7) is 3.85. The number of ketones is 1. The maximum atomic E-state index is 13.9. The second-order valence-corrected chi connectivity index (χ2v) is 11.3. The van der Waals surface area contributed by atoms with Gasteiger partial charge in [-0.1, -0.05) is 19.8 Å². The fourth-order valence-electron chi connectivity index (χ4n) is 6.00. The zero-order valence-corrected chi connectivity index (χ0v) is 23.6. The Morgan fingerprint density at radius 3 is 2.40 bits per heavy atom. The standard InChI is InChI=1S/C30H40F3N5O2/c1-4-7-27(39)24-9-6-5-8-21(24)18-26-25(30(31,32)33)19-34-29(36-26)35-22-12-10-20(11-13-22)28(40)38(3)23-14-16-37(2)17-15-23/h10-13,19,21,23-24H,4-9,14-18H2,1-3H3,(H,34,35,36)/t21-,24-/m0/s1. The van der Waals surface area contributed by atoms with Gasteiger partial charge in [0.15, 0.2) is 0 Å². The van der Waals surface area contributed by atoms with Gasteiger partial charge in [0.25, 0.3) is 5.91 Å². The summed E-state index contributed by atoms with van der Waals surface area (Å²) in [6.07, 6.45) is 2.63. The summed E-state index contributed by atoms with van der Waals surface area (Å²) >= 11 is 0. The highest BCUT2D eigenvalue weighted by molar-refractivity contribution is 5.94. The third-order valence-electron chi connectivity index (χ3n) is 8.39. The van der Waals surface area contributed by atoms with Crippen molar-refractivity contribution in [1.82, 2.24) is 19.8 Å². The highest BCUT2D eigenvalue weighted by atomic mass is 19.4. The van der Waals surface area contributed by atoms with Crippen LogP contribution in [0.4, 0.5) is 24.8 Å². The van der Waals surface area contributed by atoms with Crippen molar-refractivity contribution in [2.24, 2.45) is 11.8 Å². The van der Waals surface area contributed by atoms with Gasteiger partial charge >= 0.3 is 6.18 Å². The smallest absolute Gasteiger partial charge is 0.339 e. The average molecular weight is 560 g/mol. The number of hydrogen-bond donors (Lipinski definition) is 1. The lowest BCUT2D eigenvalue weighted by Gasteiger charge is -2.35. The van der Waals surface area contributed by atoms with E-state index in [-0.39, 0.29) is 47.6 Å². The van der Waals surface area contributed by atoms with E-state index < -0.39 is 11.7 Å². The molecule has 2 fully saturated rings. The summed E-state index contributed by atoms with van der Waals surface area (Å²) in [6, 6.07) is 7.01. The summed E-state index contributed by atoms with van der Waals surface area (Å²) < 4.78 is 41.6. The van der Waals surface area contributed by atoms with E-state index >= 15 is 0 Å². The van der Waals surface area contributed by atoms with Crippen LogP contribution in [0.2, 0.25) is 0 Å². The maximum absolute atomic E-state index is 13.9. The molecule has 1 aliphatic carbocycles. The van der Waals surface area contributed by atoms with Gasteiger partial charge in [-0.25, -0.2) is 9.97 Å². The number of piperidine rings is 1. The van der Waals surface area contributed by atoms with Crippen LogP contribution < -0.4 is 5.32 Å². The third kappa shape index (κ3) is 7.38. The molecule has 0 unspecified atom stereocenters. The molecule has 1 N–H and O–H groups in total. The van der Waals surface area contributed by atoms with Crippen molar-refractivity contribution in [3.8, 4) is 0 Å². The summed E-state index contributed by atoms with van der Waals surface area (Å²) in [4.78, 5) is 38.0. The largest absolute Gasteiger partial charge is 0.419 e. The Morgan fingerprint density at radius 1 is 1.07 bits per heavy atom. The lowest BCUT2D eigenvalue weighted by molar-refractivity contribution is -0.138. The molecule has 0 spiro atoms. The highest BCUT2D eigenvalue weighted by Crippen LogP contribution is 2.38. The Bertz CT molecular complexity index is 1160. The van der Waals surface area contributed by atoms with Crippen molar-refractivity contribution in [2.45, 2.75) is 76.9 Å². The number of halogens is 3. The number of Topliss-reactive ketones (excluding diaryl/α,β-unsaturated/α-hetero) is 1. The second kappa shape index (κ2) is 13.1. The number of carbonyl (C=O) groups excluding carboxylic acids is 2. The first kappa shape index (κ1) is 30.0. The van der Waals surface area contributed by atoms with Crippen LogP contribution in [-0.4, -0.2) is 64.7 Å². The number of nitrogens with one attached hydrogen (secondary N) is 1. The van der Waals surface area contributed by atoms with Crippen molar-refractivity contribution in [2.75, 3.05) is 32.5 Å². The first-order valence-electron chi connectivity index (χ1n) is 14.4. The fourth-order valence-corrected chi connectivity index (χ4v) is 6.00. The number of likely N-dealkylation sites (tertiary alicyclic amines) is 1. The van der Waals surface area contributed by atoms with E-state index in [9.17, 15) is 22.8 Å². The van der Waals surface area contributed by atoms with E-state index in [4.69, 9.17) is 0 Å². The molecule has 1 aromatic heterocycles. The van der Waals surface area contributed by atoms with Crippen molar-refractivity contribution in [1.29, 1.82) is 0 Å². The molecule has 2 aromatic rings. The molecule has 2 heterocycles. The summed E-state index contributed by atoms with van der Waals surface area (Å²) in [7, 11) is 3.91. The van der Waals surface area contributed by atoms with Crippen LogP contribution in [0.25, 0.3) is 0 Å². The highest BCUT2D eigenvalue weighted by Gasteiger charge is 2.38. The zero-order valence-electron chi connectivity index (χ0n) is 23.6. The number of amides is 1. The van der Waals surface area contributed by atoms with Crippen molar-refractivity contribution < 1.29 is 22.8 Å². The van der Waals surface area contributed by atoms with Gasteiger partial charge in [0.05, 0.1) is 11.3 Å². The monoisotopic (exact) mass is 559 g/mol. The van der Waals surface area contributed by atoms with Crippen LogP contribution in [0.1, 0.15) is 79.9 Å². The molecular formula is C30H40F3N5O2. The Balaban J connectivity index is 1.48. The lowest BCUT2D eigenvalue weighted by atomic mass is 9.73. The van der Waals surface area contributed by atoms with Gasteiger partial charge in [-0.2, -0.15) is 13.2 Å². The molecule has 40 heavy (non-hydrogen) atoms. The second-order valence-electron chi connectivity index (χ2n) is 11.3. The van der Waals surface area contributed by atoms with Crippen molar-refractivity contribution in [3.05, 3.63) is 47.3 Å². The van der Waals surface area contributed by atoms with Gasteiger partial charge in [-0.3, -0.25) is 9.59 Å². The summed E-state index contributed by atoms with van der Waals surface area (Å²) in [5.74, 6) is -0.252. The number of hydrogen-bond acceptors (Lipinski definition) is 6. The Hall–Kier alpha value is -3.01. The van der Waals surface area contributed by atoms with Crippen molar-refractivity contribution >= 4 is 23.3 Å². The molecule has 1 amide bonds. The van der Waals surface area contributed by atoms with E-state index in [0.29, 0.717) is 24.1 Å². The molecule has 7 nitrogen and oxygen atoms in total. The summed E-state index contributed by atoms with van der Waals surface area (Å²) in [5.41, 5.74) is 0.167. The predicted octanol–water partition coefficient (Wildman–Crippen LogP) is 6.12. The Morgan fingerprint density at radius 2 is 1.75 bits per heavy atom. The molecule has 0 radical (unpaired) electrons. The van der Waals surface area contributed by atoms with E-state index in [1.165, 1.54) is 0 Å². The van der Waals surface area contributed by atoms with E-state index in [0.717, 1.165) is 57.8 Å². The number of alkyl halides is 3. The van der Waals surface area contributed by atoms with Crippen LogP contribution in [-0.2, 0) is 17.4 Å². The Labute approximate surface area is 234 Å². The number of rotatable bonds is 9. The lowest BCUT2D eigenvalue weighted by Crippen LogP contribution is -2.44. The third-order valence-corrected chi connectivity index (χ3v) is 8.39. The molecule has 218 valence electrons. The van der Waals surface area contributed by atoms with Gasteiger partial charge < -0.3 is 15.1 Å². The summed E-state index contributed by atoms with van der Waals surface area (Å²) in [5, 5.41) is 2.99. The molecule has 10 heteroatoms. The first-order valence-corrected chi connectivity index (χ1v) is 14.4. The van der Waals surface area contributed by atoms with E-state index in [2.05, 4.69) is 27.2 Å². The SMILES string of the molecule is CCCC(=O)[C@H]1CCCC[C@H]1Cc1nc(Nc2ccc(C(=O)N(C)C3CCN(C)CC3)cc2)ncc1C(F)(F)F. The van der Waals surface area contributed by atoms with Gasteiger partial charge in [0.1, 0.15) is 5.78 Å². The normalized spacial score (nSPS) is 20.8.